The van der Waals surface area contributed by atoms with Crippen LogP contribution >= 0.6 is 0 Å². The third-order valence-corrected chi connectivity index (χ3v) is 8.53. The molecule has 2 N–H and O–H groups in total. The van der Waals surface area contributed by atoms with Crippen molar-refractivity contribution in [3.05, 3.63) is 64.8 Å². The highest BCUT2D eigenvalue weighted by molar-refractivity contribution is 5.97. The van der Waals surface area contributed by atoms with Gasteiger partial charge < -0.3 is 29.5 Å². The monoisotopic (exact) mass is 616 g/mol. The van der Waals surface area contributed by atoms with Gasteiger partial charge in [-0.3, -0.25) is 14.6 Å². The Hall–Kier alpha value is -5.07. The predicted molar refractivity (Wildman–Crippen MR) is 165 cm³/mol. The number of methoxy groups -OCH3 is 1. The lowest BCUT2D eigenvalue weighted by Gasteiger charge is -2.29. The number of anilines is 3. The Bertz CT molecular complexity index is 1610. The van der Waals surface area contributed by atoms with Gasteiger partial charge in [-0.2, -0.15) is 0 Å². The molecule has 1 fully saturated rings. The first-order valence-corrected chi connectivity index (χ1v) is 14.9. The Kier molecular flexibility index (Phi) is 8.33. The van der Waals surface area contributed by atoms with Crippen LogP contribution in [-0.4, -0.2) is 84.6 Å². The number of benzene rings is 1. The number of pyridine rings is 2. The van der Waals surface area contributed by atoms with Crippen LogP contribution in [0.25, 0.3) is 0 Å². The lowest BCUT2D eigenvalue weighted by atomic mass is 10.1. The first-order valence-electron chi connectivity index (χ1n) is 14.9. The zero-order valence-corrected chi connectivity index (χ0v) is 25.5. The molecule has 1 aromatic carbocycles. The van der Waals surface area contributed by atoms with Crippen LogP contribution < -0.4 is 24.6 Å². The molecule has 3 amide bonds. The molecule has 1 saturated heterocycles. The summed E-state index contributed by atoms with van der Waals surface area (Å²) >= 11 is 0. The Morgan fingerprint density at radius 3 is 2.69 bits per heavy atom. The maximum Gasteiger partial charge on any atom is 0.415 e. The minimum atomic E-state index is -1.00. The third kappa shape index (κ3) is 6.28. The van der Waals surface area contributed by atoms with Crippen molar-refractivity contribution in [1.29, 1.82) is 0 Å². The van der Waals surface area contributed by atoms with Gasteiger partial charge in [0.2, 0.25) is 0 Å². The third-order valence-electron chi connectivity index (χ3n) is 8.53. The van der Waals surface area contributed by atoms with E-state index in [1.54, 1.807) is 19.2 Å². The van der Waals surface area contributed by atoms with Crippen molar-refractivity contribution in [2.24, 2.45) is 5.92 Å². The summed E-state index contributed by atoms with van der Waals surface area (Å²) in [5, 5.41) is 13.0. The fraction of sp³-hybridized carbons (Fsp3) is 0.406. The molecule has 4 heterocycles. The summed E-state index contributed by atoms with van der Waals surface area (Å²) in [5.74, 6) is 2.50. The summed E-state index contributed by atoms with van der Waals surface area (Å²) < 4.78 is 16.5. The van der Waals surface area contributed by atoms with Gasteiger partial charge in [0.1, 0.15) is 23.5 Å². The summed E-state index contributed by atoms with van der Waals surface area (Å²) in [7, 11) is 3.42. The first kappa shape index (κ1) is 30.0. The molecular weight excluding hydrogens is 580 g/mol. The van der Waals surface area contributed by atoms with E-state index < -0.39 is 18.3 Å². The lowest BCUT2D eigenvalue weighted by molar-refractivity contribution is -0.121. The molecule has 13 nitrogen and oxygen atoms in total. The molecule has 1 aliphatic carbocycles. The molecule has 6 rings (SSSR count). The molecule has 0 spiro atoms. The molecule has 3 aliphatic rings. The number of rotatable bonds is 10. The summed E-state index contributed by atoms with van der Waals surface area (Å²) in [6.07, 6.45) is -0.190. The number of aryl methyl sites for hydroxylation is 1. The van der Waals surface area contributed by atoms with E-state index in [0.717, 1.165) is 29.9 Å². The Morgan fingerprint density at radius 2 is 1.96 bits per heavy atom. The Balaban J connectivity index is 1.09. The fourth-order valence-corrected chi connectivity index (χ4v) is 6.18. The van der Waals surface area contributed by atoms with Crippen LogP contribution in [0.1, 0.15) is 28.8 Å². The molecule has 2 aromatic heterocycles. The molecule has 2 atom stereocenters. The number of hydrogen-bond donors (Lipinski definition) is 2. The average molecular weight is 617 g/mol. The molecule has 0 radical (unpaired) electrons. The molecule has 45 heavy (non-hydrogen) atoms. The van der Waals surface area contributed by atoms with E-state index in [4.69, 9.17) is 14.2 Å². The highest BCUT2D eigenvalue weighted by Crippen LogP contribution is 2.35. The predicted octanol–water partition coefficient (Wildman–Crippen LogP) is 3.87. The summed E-state index contributed by atoms with van der Waals surface area (Å²) in [4.78, 5) is 51.5. The lowest BCUT2D eigenvalue weighted by Crippen LogP contribution is -2.39. The van der Waals surface area contributed by atoms with E-state index in [1.807, 2.05) is 44.3 Å². The van der Waals surface area contributed by atoms with E-state index in [2.05, 4.69) is 15.3 Å². The van der Waals surface area contributed by atoms with E-state index in [1.165, 1.54) is 25.8 Å². The topological polar surface area (TPSA) is 147 Å². The SMILES string of the molecule is CNc1cc2c(c(C)n1)CC(CN(CCC1CN(c3ccc4c(n3)N(Cc3ccc(OC)cc3)C(=O)CO4)C(=O)O1)C(=O)O)C2. The van der Waals surface area contributed by atoms with Crippen molar-refractivity contribution in [3.8, 4) is 11.5 Å². The standard InChI is InChI=1S/C32H36N6O7/c1-19-25-13-21(12-22(25)14-27(33-2)34-19)15-36(31(40)41)11-10-24-17-37(32(42)45-24)28-9-8-26-30(35-28)38(29(39)18-44-26)16-20-4-6-23(43-3)7-5-20/h4-9,14,21,24H,10-13,15-18H2,1-3H3,(H,33,34)(H,40,41). The highest BCUT2D eigenvalue weighted by atomic mass is 16.6. The number of amides is 3. The van der Waals surface area contributed by atoms with Crippen LogP contribution in [0.5, 0.6) is 11.5 Å². The van der Waals surface area contributed by atoms with Gasteiger partial charge in [-0.15, -0.1) is 0 Å². The van der Waals surface area contributed by atoms with Crippen LogP contribution in [0.15, 0.2) is 42.5 Å². The van der Waals surface area contributed by atoms with Crippen LogP contribution in [0.3, 0.4) is 0 Å². The molecule has 3 aromatic rings. The van der Waals surface area contributed by atoms with Crippen molar-refractivity contribution in [3.63, 3.8) is 0 Å². The number of carbonyl (C=O) groups excluding carboxylic acids is 2. The largest absolute Gasteiger partial charge is 0.497 e. The Labute approximate surface area is 260 Å². The van der Waals surface area contributed by atoms with Crippen LogP contribution in [0, 0.1) is 12.8 Å². The smallest absolute Gasteiger partial charge is 0.415 e. The van der Waals surface area contributed by atoms with Crippen LogP contribution in [0.2, 0.25) is 0 Å². The van der Waals surface area contributed by atoms with Crippen molar-refractivity contribution in [2.75, 3.05) is 55.5 Å². The number of ether oxygens (including phenoxy) is 3. The van der Waals surface area contributed by atoms with Crippen molar-refractivity contribution < 1.29 is 33.7 Å². The fourth-order valence-electron chi connectivity index (χ4n) is 6.18. The number of nitrogens with zero attached hydrogens (tertiary/aromatic N) is 5. The van der Waals surface area contributed by atoms with Crippen molar-refractivity contribution >= 4 is 35.5 Å². The second-order valence-electron chi connectivity index (χ2n) is 11.5. The molecular formula is C32H36N6O7. The molecule has 13 heteroatoms. The minimum absolute atomic E-state index is 0.113. The highest BCUT2D eigenvalue weighted by Gasteiger charge is 2.36. The summed E-state index contributed by atoms with van der Waals surface area (Å²) in [5.41, 5.74) is 4.24. The van der Waals surface area contributed by atoms with Gasteiger partial charge in [0.05, 0.1) is 20.2 Å². The van der Waals surface area contributed by atoms with Gasteiger partial charge in [0.25, 0.3) is 5.91 Å². The molecule has 2 aliphatic heterocycles. The van der Waals surface area contributed by atoms with Gasteiger partial charge in [-0.05, 0) is 72.7 Å². The maximum absolute atomic E-state index is 12.9. The van der Waals surface area contributed by atoms with E-state index in [-0.39, 0.29) is 38.1 Å². The van der Waals surface area contributed by atoms with Crippen molar-refractivity contribution in [1.82, 2.24) is 14.9 Å². The van der Waals surface area contributed by atoms with Gasteiger partial charge in [-0.1, -0.05) is 12.1 Å². The summed E-state index contributed by atoms with van der Waals surface area (Å²) in [6.45, 7) is 2.95. The van der Waals surface area contributed by atoms with Gasteiger partial charge in [-0.25, -0.2) is 19.6 Å². The number of aromatic nitrogens is 2. The van der Waals surface area contributed by atoms with Gasteiger partial charge in [0.15, 0.2) is 18.2 Å². The zero-order valence-electron chi connectivity index (χ0n) is 25.5. The average Bonchev–Trinajstić information content (AvgIpc) is 3.63. The number of carbonyl (C=O) groups is 3. The first-order chi connectivity index (χ1) is 21.7. The number of cyclic esters (lactones) is 1. The number of carboxylic acid groups (broad SMARTS) is 1. The second-order valence-corrected chi connectivity index (χ2v) is 11.5. The quantitative estimate of drug-likeness (QED) is 0.344. The molecule has 2 unspecified atom stereocenters. The molecule has 236 valence electrons. The zero-order chi connectivity index (χ0) is 31.7. The minimum Gasteiger partial charge on any atom is -0.497 e. The summed E-state index contributed by atoms with van der Waals surface area (Å²) in [6, 6.07) is 12.8. The van der Waals surface area contributed by atoms with E-state index in [9.17, 15) is 19.5 Å². The van der Waals surface area contributed by atoms with Crippen LogP contribution in [0.4, 0.5) is 27.0 Å². The van der Waals surface area contributed by atoms with E-state index >= 15 is 0 Å². The van der Waals surface area contributed by atoms with Gasteiger partial charge >= 0.3 is 12.2 Å². The molecule has 0 saturated carbocycles. The Morgan fingerprint density at radius 1 is 1.16 bits per heavy atom. The molecule has 0 bridgehead atoms. The van der Waals surface area contributed by atoms with E-state index in [0.29, 0.717) is 36.1 Å². The second kappa shape index (κ2) is 12.5. The number of hydrogen-bond acceptors (Lipinski definition) is 9. The number of fused-ring (bicyclic) bond motifs is 2. The van der Waals surface area contributed by atoms with Crippen molar-refractivity contribution in [2.45, 2.75) is 38.8 Å². The van der Waals surface area contributed by atoms with Gasteiger partial charge in [0, 0.05) is 32.3 Å². The normalized spacial score (nSPS) is 18.6. The maximum atomic E-state index is 12.9. The number of nitrogens with one attached hydrogen (secondary N) is 1. The van der Waals surface area contributed by atoms with Crippen LogP contribution in [-0.2, 0) is 28.9 Å².